The maximum atomic E-state index is 14.4. The number of thioether (sulfide) groups is 1. The van der Waals surface area contributed by atoms with Crippen molar-refractivity contribution in [3.05, 3.63) is 76.0 Å². The van der Waals surface area contributed by atoms with Crippen molar-refractivity contribution in [3.63, 3.8) is 0 Å². The third kappa shape index (κ3) is 3.79. The first kappa shape index (κ1) is 17.9. The van der Waals surface area contributed by atoms with Crippen LogP contribution in [0.2, 0.25) is 0 Å². The van der Waals surface area contributed by atoms with Crippen molar-refractivity contribution in [1.82, 2.24) is 19.7 Å². The van der Waals surface area contributed by atoms with Gasteiger partial charge in [0.05, 0.1) is 16.3 Å². The van der Waals surface area contributed by atoms with Crippen LogP contribution in [0.25, 0.3) is 17.1 Å². The van der Waals surface area contributed by atoms with Gasteiger partial charge in [0.1, 0.15) is 5.82 Å². The van der Waals surface area contributed by atoms with Crippen LogP contribution in [0.3, 0.4) is 0 Å². The average Bonchev–Trinajstić information content (AvgIpc) is 3.27. The van der Waals surface area contributed by atoms with Gasteiger partial charge in [-0.15, -0.1) is 21.5 Å². The molecule has 0 aliphatic rings. The highest BCUT2D eigenvalue weighted by Crippen LogP contribution is 2.31. The number of nitrogens with zero attached hydrogens (tertiary/aromatic N) is 4. The van der Waals surface area contributed by atoms with Gasteiger partial charge >= 0.3 is 0 Å². The first-order valence-electron chi connectivity index (χ1n) is 8.43. The molecule has 0 saturated carbocycles. The molecule has 0 fully saturated rings. The van der Waals surface area contributed by atoms with Crippen molar-refractivity contribution in [2.24, 2.45) is 0 Å². The normalized spacial score (nSPS) is 11.1. The molecule has 0 aliphatic carbocycles. The van der Waals surface area contributed by atoms with Crippen molar-refractivity contribution >= 4 is 23.1 Å². The van der Waals surface area contributed by atoms with Crippen LogP contribution in [-0.4, -0.2) is 19.7 Å². The lowest BCUT2D eigenvalue weighted by Gasteiger charge is -2.11. The van der Waals surface area contributed by atoms with Gasteiger partial charge in [0, 0.05) is 16.8 Å². The standard InChI is InChI=1S/C20H17FN4S2/c1-13-7-9-16(10-8-13)25-19(17-5-3-4-6-18(17)21)23-24-20(25)27-12-15-11-26-14(2)22-15/h3-11H,12H2,1-2H3. The topological polar surface area (TPSA) is 43.6 Å². The van der Waals surface area contributed by atoms with E-state index in [9.17, 15) is 4.39 Å². The van der Waals surface area contributed by atoms with Gasteiger partial charge < -0.3 is 0 Å². The van der Waals surface area contributed by atoms with Crippen molar-refractivity contribution in [2.45, 2.75) is 24.8 Å². The number of aromatic nitrogens is 4. The Morgan fingerprint density at radius 3 is 2.52 bits per heavy atom. The molecule has 2 aromatic carbocycles. The third-order valence-corrected chi connectivity index (χ3v) is 5.84. The lowest BCUT2D eigenvalue weighted by Crippen LogP contribution is -2.01. The minimum absolute atomic E-state index is 0.315. The van der Waals surface area contributed by atoms with Gasteiger partial charge in [-0.1, -0.05) is 41.6 Å². The number of hydrogen-bond donors (Lipinski definition) is 0. The van der Waals surface area contributed by atoms with Crippen LogP contribution in [0.1, 0.15) is 16.3 Å². The first-order valence-corrected chi connectivity index (χ1v) is 10.3. The highest BCUT2D eigenvalue weighted by atomic mass is 32.2. The molecule has 0 saturated heterocycles. The molecule has 0 amide bonds. The summed E-state index contributed by atoms with van der Waals surface area (Å²) in [5.74, 6) is 0.866. The minimum Gasteiger partial charge on any atom is -0.270 e. The Labute approximate surface area is 165 Å². The largest absolute Gasteiger partial charge is 0.270 e. The zero-order valence-corrected chi connectivity index (χ0v) is 16.5. The van der Waals surface area contributed by atoms with Gasteiger partial charge in [0.25, 0.3) is 0 Å². The van der Waals surface area contributed by atoms with Crippen molar-refractivity contribution in [3.8, 4) is 17.1 Å². The van der Waals surface area contributed by atoms with Gasteiger partial charge in [-0.3, -0.25) is 4.57 Å². The second-order valence-corrected chi connectivity index (χ2v) is 8.11. The van der Waals surface area contributed by atoms with Crippen molar-refractivity contribution in [1.29, 1.82) is 0 Å². The van der Waals surface area contributed by atoms with Crippen LogP contribution in [0.5, 0.6) is 0 Å². The van der Waals surface area contributed by atoms with Crippen LogP contribution in [0, 0.1) is 19.7 Å². The summed E-state index contributed by atoms with van der Waals surface area (Å²) in [5, 5.41) is 12.4. The number of halogens is 1. The fraction of sp³-hybridized carbons (Fsp3) is 0.150. The molecular formula is C20H17FN4S2. The lowest BCUT2D eigenvalue weighted by molar-refractivity contribution is 0.629. The summed E-state index contributed by atoms with van der Waals surface area (Å²) < 4.78 is 16.3. The van der Waals surface area contributed by atoms with Crippen LogP contribution >= 0.6 is 23.1 Å². The van der Waals surface area contributed by atoms with Gasteiger partial charge in [0.15, 0.2) is 11.0 Å². The van der Waals surface area contributed by atoms with Crippen LogP contribution in [0.15, 0.2) is 59.1 Å². The van der Waals surface area contributed by atoms with E-state index < -0.39 is 0 Å². The SMILES string of the molecule is Cc1ccc(-n2c(SCc3csc(C)n3)nnc2-c2ccccc2F)cc1. The van der Waals surface area contributed by atoms with E-state index >= 15 is 0 Å². The van der Waals surface area contributed by atoms with E-state index in [1.165, 1.54) is 6.07 Å². The molecule has 7 heteroatoms. The second kappa shape index (κ2) is 7.62. The van der Waals surface area contributed by atoms with Crippen LogP contribution in [0.4, 0.5) is 4.39 Å². The molecule has 27 heavy (non-hydrogen) atoms. The molecule has 0 bridgehead atoms. The molecule has 0 atom stereocenters. The van der Waals surface area contributed by atoms with Crippen LogP contribution < -0.4 is 0 Å². The molecular weight excluding hydrogens is 379 g/mol. The van der Waals surface area contributed by atoms with E-state index in [2.05, 4.69) is 15.2 Å². The highest BCUT2D eigenvalue weighted by Gasteiger charge is 2.19. The molecule has 0 unspecified atom stereocenters. The average molecular weight is 397 g/mol. The minimum atomic E-state index is -0.315. The predicted molar refractivity (Wildman–Crippen MR) is 108 cm³/mol. The molecule has 136 valence electrons. The van der Waals surface area contributed by atoms with Gasteiger partial charge in [-0.2, -0.15) is 0 Å². The summed E-state index contributed by atoms with van der Waals surface area (Å²) in [6, 6.07) is 14.7. The number of rotatable bonds is 5. The summed E-state index contributed by atoms with van der Waals surface area (Å²) in [7, 11) is 0. The molecule has 2 heterocycles. The zero-order valence-electron chi connectivity index (χ0n) is 14.9. The van der Waals surface area contributed by atoms with Crippen molar-refractivity contribution < 1.29 is 4.39 Å². The van der Waals surface area contributed by atoms with E-state index in [1.54, 1.807) is 41.3 Å². The van der Waals surface area contributed by atoms with Gasteiger partial charge in [0.2, 0.25) is 0 Å². The summed E-state index contributed by atoms with van der Waals surface area (Å²) in [5.41, 5.74) is 3.50. The molecule has 0 radical (unpaired) electrons. The maximum absolute atomic E-state index is 14.4. The summed E-state index contributed by atoms with van der Waals surface area (Å²) >= 11 is 3.17. The Morgan fingerprint density at radius 1 is 1.04 bits per heavy atom. The lowest BCUT2D eigenvalue weighted by atomic mass is 10.2. The molecule has 2 aromatic heterocycles. The fourth-order valence-electron chi connectivity index (χ4n) is 2.72. The summed E-state index contributed by atoms with van der Waals surface area (Å²) in [4.78, 5) is 4.50. The zero-order chi connectivity index (χ0) is 18.8. The number of thiazole rings is 1. The molecule has 4 nitrogen and oxygen atoms in total. The van der Waals surface area contributed by atoms with E-state index in [0.29, 0.717) is 22.3 Å². The molecule has 4 aromatic rings. The Balaban J connectivity index is 1.77. The third-order valence-electron chi connectivity index (χ3n) is 4.06. The summed E-state index contributed by atoms with van der Waals surface area (Å²) in [6.45, 7) is 4.03. The van der Waals surface area contributed by atoms with E-state index in [4.69, 9.17) is 0 Å². The maximum Gasteiger partial charge on any atom is 0.196 e. The van der Waals surface area contributed by atoms with Crippen LogP contribution in [-0.2, 0) is 5.75 Å². The molecule has 0 spiro atoms. The Kier molecular flexibility index (Phi) is 5.05. The number of benzene rings is 2. The second-order valence-electron chi connectivity index (χ2n) is 6.10. The molecule has 0 aliphatic heterocycles. The quantitative estimate of drug-likeness (QED) is 0.421. The van der Waals surface area contributed by atoms with Gasteiger partial charge in [-0.25, -0.2) is 9.37 Å². The molecule has 0 N–H and O–H groups in total. The summed E-state index contributed by atoms with van der Waals surface area (Å²) in [6.07, 6.45) is 0. The van der Waals surface area contributed by atoms with Gasteiger partial charge in [-0.05, 0) is 38.1 Å². The fourth-order valence-corrected chi connectivity index (χ4v) is 4.28. The molecule has 4 rings (SSSR count). The smallest absolute Gasteiger partial charge is 0.196 e. The highest BCUT2D eigenvalue weighted by molar-refractivity contribution is 7.98. The first-order chi connectivity index (χ1) is 13.1. The Hall–Kier alpha value is -2.51. The van der Waals surface area contributed by atoms with Crippen molar-refractivity contribution in [2.75, 3.05) is 0 Å². The Morgan fingerprint density at radius 2 is 1.81 bits per heavy atom. The number of aryl methyl sites for hydroxylation is 2. The van der Waals surface area contributed by atoms with E-state index in [0.717, 1.165) is 22.0 Å². The number of hydrogen-bond acceptors (Lipinski definition) is 5. The predicted octanol–water partition coefficient (Wildman–Crippen LogP) is 5.44. The van der Waals surface area contributed by atoms with E-state index in [1.807, 2.05) is 48.1 Å². The van der Waals surface area contributed by atoms with E-state index in [-0.39, 0.29) is 5.82 Å². The Bertz CT molecular complexity index is 1070. The monoisotopic (exact) mass is 396 g/mol.